The van der Waals surface area contributed by atoms with Gasteiger partial charge in [0.15, 0.2) is 0 Å². The van der Waals surface area contributed by atoms with Crippen molar-refractivity contribution in [1.29, 1.82) is 0 Å². The molecule has 0 aromatic heterocycles. The fourth-order valence-corrected chi connectivity index (χ4v) is 7.41. The van der Waals surface area contributed by atoms with Gasteiger partial charge in [-0.2, -0.15) is 0 Å². The molecule has 0 N–H and O–H groups in total. The Morgan fingerprint density at radius 3 is 1.44 bits per heavy atom. The molecule has 3 aromatic carbocycles. The van der Waals surface area contributed by atoms with Crippen molar-refractivity contribution < 1.29 is 0 Å². The van der Waals surface area contributed by atoms with Crippen LogP contribution in [-0.2, 0) is 0 Å². The molecule has 0 fully saturated rings. The topological polar surface area (TPSA) is 0 Å². The minimum atomic E-state index is -1.73. The molecule has 0 aliphatic rings. The quantitative estimate of drug-likeness (QED) is 0.471. The third-order valence-electron chi connectivity index (χ3n) is 4.37. The van der Waals surface area contributed by atoms with E-state index < -0.39 is 7.26 Å². The molecule has 122 valence electrons. The molecule has 0 saturated carbocycles. The molecule has 0 bridgehead atoms. The van der Waals surface area contributed by atoms with Crippen LogP contribution in [0.25, 0.3) is 0 Å². The third-order valence-corrected chi connectivity index (χ3v) is 8.80. The lowest BCUT2D eigenvalue weighted by Gasteiger charge is -2.27. The summed E-state index contributed by atoms with van der Waals surface area (Å²) in [6.45, 7) is 3.70. The summed E-state index contributed by atoms with van der Waals surface area (Å²) in [6.07, 6.45) is 3.57. The zero-order valence-electron chi connectivity index (χ0n) is 14.3. The van der Waals surface area contributed by atoms with E-state index in [0.29, 0.717) is 0 Å². The van der Waals surface area contributed by atoms with Crippen LogP contribution in [0.3, 0.4) is 0 Å². The van der Waals surface area contributed by atoms with Gasteiger partial charge < -0.3 is 0 Å². The zero-order valence-corrected chi connectivity index (χ0v) is 15.2. The van der Waals surface area contributed by atoms with Crippen LogP contribution in [0.2, 0.25) is 0 Å². The molecule has 1 heteroatoms. The molecule has 0 amide bonds. The lowest BCUT2D eigenvalue weighted by Crippen LogP contribution is -2.33. The molecule has 0 atom stereocenters. The molecule has 0 aliphatic carbocycles. The molecule has 0 heterocycles. The Morgan fingerprint density at radius 2 is 1.08 bits per heavy atom. The Balaban J connectivity index is 2.21. The lowest BCUT2D eigenvalue weighted by atomic mass is 10.3. The van der Waals surface area contributed by atoms with Gasteiger partial charge >= 0.3 is 0 Å². The van der Waals surface area contributed by atoms with E-state index in [0.717, 1.165) is 12.6 Å². The summed E-state index contributed by atoms with van der Waals surface area (Å²) in [6, 6.07) is 32.8. The first-order valence-corrected chi connectivity index (χ1v) is 10.5. The van der Waals surface area contributed by atoms with E-state index in [1.54, 1.807) is 6.08 Å². The van der Waals surface area contributed by atoms with Gasteiger partial charge in [-0.25, -0.2) is 0 Å². The highest BCUT2D eigenvalue weighted by atomic mass is 31.2. The van der Waals surface area contributed by atoms with Crippen molar-refractivity contribution in [2.24, 2.45) is 0 Å². The largest absolute Gasteiger partial charge is 0.113 e. The van der Waals surface area contributed by atoms with Gasteiger partial charge in [0.1, 0.15) is 23.2 Å². The SMILES string of the molecule is C=CC#CCC[P+](c1ccccc1)(c1ccccc1)c1ccccc1. The normalized spacial score (nSPS) is 10.6. The van der Waals surface area contributed by atoms with E-state index in [4.69, 9.17) is 0 Å². The van der Waals surface area contributed by atoms with Crippen LogP contribution in [0.5, 0.6) is 0 Å². The van der Waals surface area contributed by atoms with Crippen molar-refractivity contribution in [2.75, 3.05) is 6.16 Å². The Bertz CT molecular complexity index is 759. The molecular weight excluding hydrogens is 319 g/mol. The second kappa shape index (κ2) is 8.48. The monoisotopic (exact) mass is 341 g/mol. The number of hydrogen-bond acceptors (Lipinski definition) is 0. The summed E-state index contributed by atoms with van der Waals surface area (Å²) in [5.41, 5.74) is 0. The fraction of sp³-hybridized carbons (Fsp3) is 0.0833. The van der Waals surface area contributed by atoms with Crippen molar-refractivity contribution >= 4 is 23.2 Å². The summed E-state index contributed by atoms with van der Waals surface area (Å²) in [5.74, 6) is 6.27. The predicted octanol–water partition coefficient (Wildman–Crippen LogP) is 4.56. The summed E-state index contributed by atoms with van der Waals surface area (Å²) >= 11 is 0. The minimum Gasteiger partial charge on any atom is -0.0947 e. The van der Waals surface area contributed by atoms with Gasteiger partial charge in [-0.15, -0.1) is 0 Å². The van der Waals surface area contributed by atoms with E-state index in [1.165, 1.54) is 15.9 Å². The molecule has 3 rings (SSSR count). The van der Waals surface area contributed by atoms with Crippen LogP contribution in [0.15, 0.2) is 104 Å². The van der Waals surface area contributed by atoms with Gasteiger partial charge in [0.05, 0.1) is 6.16 Å². The van der Waals surface area contributed by atoms with Gasteiger partial charge in [0.2, 0.25) is 0 Å². The Labute approximate surface area is 151 Å². The summed E-state index contributed by atoms with van der Waals surface area (Å²) in [5, 5.41) is 4.23. The van der Waals surface area contributed by atoms with E-state index in [1.807, 2.05) is 0 Å². The van der Waals surface area contributed by atoms with Gasteiger partial charge in [-0.1, -0.05) is 73.0 Å². The molecule has 0 aliphatic heterocycles. The van der Waals surface area contributed by atoms with Gasteiger partial charge in [0.25, 0.3) is 0 Å². The smallest absolute Gasteiger partial charge is 0.0947 e. The minimum absolute atomic E-state index is 0.860. The lowest BCUT2D eigenvalue weighted by molar-refractivity contribution is 1.28. The molecule has 3 aromatic rings. The second-order valence-electron chi connectivity index (χ2n) is 5.82. The molecular formula is C24H22P+. The molecule has 0 radical (unpaired) electrons. The molecule has 25 heavy (non-hydrogen) atoms. The Kier molecular flexibility index (Phi) is 5.84. The van der Waals surface area contributed by atoms with E-state index in [9.17, 15) is 0 Å². The standard InChI is InChI=1S/C24H22P/c1-2-3-4-14-21-25(22-15-8-5-9-16-22,23-17-10-6-11-18-23)24-19-12-7-13-20-24/h2,5-13,15-20H,1,14,21H2/q+1. The van der Waals surface area contributed by atoms with Gasteiger partial charge in [0, 0.05) is 6.42 Å². The van der Waals surface area contributed by atoms with E-state index in [-0.39, 0.29) is 0 Å². The first-order valence-electron chi connectivity index (χ1n) is 8.52. The van der Waals surface area contributed by atoms with Crippen LogP contribution >= 0.6 is 7.26 Å². The highest BCUT2D eigenvalue weighted by Gasteiger charge is 2.44. The van der Waals surface area contributed by atoms with Crippen LogP contribution < -0.4 is 15.9 Å². The van der Waals surface area contributed by atoms with Crippen molar-refractivity contribution in [3.05, 3.63) is 104 Å². The van der Waals surface area contributed by atoms with Crippen LogP contribution in [0, 0.1) is 11.8 Å². The number of hydrogen-bond donors (Lipinski definition) is 0. The van der Waals surface area contributed by atoms with Gasteiger partial charge in [-0.3, -0.25) is 0 Å². The van der Waals surface area contributed by atoms with Gasteiger partial charge in [-0.05, 0) is 42.5 Å². The highest BCUT2D eigenvalue weighted by Crippen LogP contribution is 2.55. The second-order valence-corrected chi connectivity index (χ2v) is 9.43. The molecule has 0 spiro atoms. The fourth-order valence-electron chi connectivity index (χ4n) is 3.25. The molecule has 0 unspecified atom stereocenters. The molecule has 0 saturated heterocycles. The molecule has 0 nitrogen and oxygen atoms in total. The van der Waals surface area contributed by atoms with Crippen molar-refractivity contribution in [3.8, 4) is 11.8 Å². The van der Waals surface area contributed by atoms with Crippen molar-refractivity contribution in [3.63, 3.8) is 0 Å². The first kappa shape index (κ1) is 17.2. The van der Waals surface area contributed by atoms with Crippen LogP contribution in [-0.4, -0.2) is 6.16 Å². The number of benzene rings is 3. The van der Waals surface area contributed by atoms with Crippen molar-refractivity contribution in [2.45, 2.75) is 6.42 Å². The van der Waals surface area contributed by atoms with Crippen LogP contribution in [0.4, 0.5) is 0 Å². The summed E-state index contributed by atoms with van der Waals surface area (Å²) < 4.78 is 0. The number of allylic oxidation sites excluding steroid dienone is 1. The average Bonchev–Trinajstić information content (AvgIpc) is 2.70. The Hall–Kier alpha value is -2.61. The highest BCUT2D eigenvalue weighted by molar-refractivity contribution is 7.95. The maximum absolute atomic E-state index is 3.70. The van der Waals surface area contributed by atoms with Crippen molar-refractivity contribution in [1.82, 2.24) is 0 Å². The summed E-state index contributed by atoms with van der Waals surface area (Å²) in [7, 11) is -1.73. The summed E-state index contributed by atoms with van der Waals surface area (Å²) in [4.78, 5) is 0. The zero-order chi connectivity index (χ0) is 17.4. The average molecular weight is 341 g/mol. The predicted molar refractivity (Wildman–Crippen MR) is 113 cm³/mol. The first-order chi connectivity index (χ1) is 12.4. The third kappa shape index (κ3) is 3.74. The maximum atomic E-state index is 3.70. The number of rotatable bonds is 5. The Morgan fingerprint density at radius 1 is 0.680 bits per heavy atom. The van der Waals surface area contributed by atoms with E-state index >= 15 is 0 Å². The van der Waals surface area contributed by atoms with Crippen LogP contribution in [0.1, 0.15) is 6.42 Å². The van der Waals surface area contributed by atoms with E-state index in [2.05, 4.69) is 109 Å². The maximum Gasteiger partial charge on any atom is 0.113 e.